The first-order chi connectivity index (χ1) is 8.90. The number of ketones is 1. The van der Waals surface area contributed by atoms with Crippen molar-refractivity contribution >= 4 is 29.0 Å². The highest BCUT2D eigenvalue weighted by atomic mass is 35.5. The minimum absolute atomic E-state index is 0.0712. The molecule has 1 aromatic heterocycles. The monoisotopic (exact) mass is 300 g/mol. The second-order valence-corrected chi connectivity index (χ2v) is 4.98. The van der Waals surface area contributed by atoms with E-state index in [9.17, 15) is 9.18 Å². The number of hydrogen-bond acceptors (Lipinski definition) is 2. The van der Waals surface area contributed by atoms with Crippen LogP contribution in [0.3, 0.4) is 0 Å². The highest BCUT2D eigenvalue weighted by Crippen LogP contribution is 2.22. The first-order valence-corrected chi connectivity index (χ1v) is 6.32. The molecule has 2 rings (SSSR count). The second kappa shape index (κ2) is 5.31. The lowest BCUT2D eigenvalue weighted by atomic mass is 10.1. The smallest absolute Gasteiger partial charge is 0.168 e. The summed E-state index contributed by atoms with van der Waals surface area (Å²) in [4.78, 5) is 12.1. The molecule has 2 aromatic rings. The zero-order valence-corrected chi connectivity index (χ0v) is 11.9. The normalized spacial score (nSPS) is 10.8. The molecule has 0 aliphatic heterocycles. The lowest BCUT2D eigenvalue weighted by Crippen LogP contribution is -2.08. The quantitative estimate of drug-likeness (QED) is 0.812. The van der Waals surface area contributed by atoms with Gasteiger partial charge in [0.2, 0.25) is 0 Å². The van der Waals surface area contributed by atoms with E-state index >= 15 is 0 Å². The number of Topliss-reactive ketones (excluding diaryl/α,β-unsaturated/α-hetero) is 1. The van der Waals surface area contributed by atoms with E-state index in [0.29, 0.717) is 22.0 Å². The van der Waals surface area contributed by atoms with Gasteiger partial charge < -0.3 is 0 Å². The second-order valence-electron chi connectivity index (χ2n) is 4.20. The summed E-state index contributed by atoms with van der Waals surface area (Å²) in [6.45, 7) is 1.77. The van der Waals surface area contributed by atoms with Gasteiger partial charge in [0.25, 0.3) is 0 Å². The summed E-state index contributed by atoms with van der Waals surface area (Å²) in [6, 6.07) is 3.89. The minimum atomic E-state index is -0.548. The maximum atomic E-state index is 13.0. The highest BCUT2D eigenvalue weighted by molar-refractivity contribution is 6.32. The van der Waals surface area contributed by atoms with Crippen LogP contribution in [0, 0.1) is 12.7 Å². The molecule has 1 aromatic carbocycles. The van der Waals surface area contributed by atoms with Crippen LogP contribution in [0.4, 0.5) is 4.39 Å². The number of carbonyl (C=O) groups excluding carboxylic acids is 1. The van der Waals surface area contributed by atoms with Crippen molar-refractivity contribution in [2.24, 2.45) is 7.05 Å². The van der Waals surface area contributed by atoms with Gasteiger partial charge >= 0.3 is 0 Å². The average molecular weight is 301 g/mol. The van der Waals surface area contributed by atoms with E-state index in [1.165, 1.54) is 18.2 Å². The van der Waals surface area contributed by atoms with Crippen LogP contribution in [-0.4, -0.2) is 15.6 Å². The molecule has 6 heteroatoms. The number of aryl methyl sites for hydroxylation is 2. The molecular weight excluding hydrogens is 290 g/mol. The van der Waals surface area contributed by atoms with E-state index < -0.39 is 5.82 Å². The molecule has 0 radical (unpaired) electrons. The number of halogens is 3. The molecule has 0 saturated heterocycles. The Morgan fingerprint density at radius 1 is 1.42 bits per heavy atom. The third kappa shape index (κ3) is 2.80. The Labute approximate surface area is 119 Å². The van der Waals surface area contributed by atoms with E-state index in [1.807, 2.05) is 0 Å². The van der Waals surface area contributed by atoms with Crippen molar-refractivity contribution in [1.82, 2.24) is 9.78 Å². The van der Waals surface area contributed by atoms with E-state index in [2.05, 4.69) is 5.10 Å². The summed E-state index contributed by atoms with van der Waals surface area (Å²) in [7, 11) is 1.72. The molecule has 0 saturated carbocycles. The lowest BCUT2D eigenvalue weighted by Gasteiger charge is -2.04. The maximum absolute atomic E-state index is 13.0. The Kier molecular flexibility index (Phi) is 3.92. The van der Waals surface area contributed by atoms with Crippen molar-refractivity contribution in [3.63, 3.8) is 0 Å². The topological polar surface area (TPSA) is 34.9 Å². The van der Waals surface area contributed by atoms with E-state index in [4.69, 9.17) is 23.2 Å². The Hall–Kier alpha value is -1.39. The van der Waals surface area contributed by atoms with Crippen molar-refractivity contribution in [1.29, 1.82) is 0 Å². The van der Waals surface area contributed by atoms with Gasteiger partial charge in [-0.1, -0.05) is 23.2 Å². The molecule has 0 unspecified atom stereocenters. The molecule has 0 bridgehead atoms. The molecule has 0 fully saturated rings. The van der Waals surface area contributed by atoms with Gasteiger partial charge in [-0.25, -0.2) is 4.39 Å². The molecule has 0 aliphatic carbocycles. The molecule has 3 nitrogen and oxygen atoms in total. The fourth-order valence-corrected chi connectivity index (χ4v) is 2.20. The van der Waals surface area contributed by atoms with Crippen LogP contribution >= 0.6 is 23.2 Å². The van der Waals surface area contributed by atoms with Crippen molar-refractivity contribution in [2.45, 2.75) is 13.3 Å². The number of benzene rings is 1. The number of carbonyl (C=O) groups is 1. The van der Waals surface area contributed by atoms with Crippen molar-refractivity contribution < 1.29 is 9.18 Å². The van der Waals surface area contributed by atoms with Crippen molar-refractivity contribution in [3.8, 4) is 0 Å². The lowest BCUT2D eigenvalue weighted by molar-refractivity contribution is 0.0990. The number of hydrogen-bond donors (Lipinski definition) is 0. The zero-order chi connectivity index (χ0) is 14.2. The zero-order valence-electron chi connectivity index (χ0n) is 10.4. The number of aromatic nitrogens is 2. The van der Waals surface area contributed by atoms with Gasteiger partial charge in [-0.3, -0.25) is 9.48 Å². The Morgan fingerprint density at radius 2 is 2.11 bits per heavy atom. The van der Waals surface area contributed by atoms with Gasteiger partial charge in [0.15, 0.2) is 5.78 Å². The predicted molar refractivity (Wildman–Crippen MR) is 72.4 cm³/mol. The van der Waals surface area contributed by atoms with Gasteiger partial charge in [0.1, 0.15) is 5.82 Å². The van der Waals surface area contributed by atoms with Crippen LogP contribution in [-0.2, 0) is 13.5 Å². The Bertz CT molecular complexity index is 652. The summed E-state index contributed by atoms with van der Waals surface area (Å²) in [5.41, 5.74) is 1.65. The average Bonchev–Trinajstić information content (AvgIpc) is 2.59. The first-order valence-electron chi connectivity index (χ1n) is 5.56. The van der Waals surface area contributed by atoms with Gasteiger partial charge in [0, 0.05) is 12.6 Å². The van der Waals surface area contributed by atoms with Crippen LogP contribution in [0.1, 0.15) is 21.7 Å². The van der Waals surface area contributed by atoms with Gasteiger partial charge in [-0.05, 0) is 25.1 Å². The SMILES string of the molecule is Cc1nn(C)c(CC(=O)c2ccc(F)c(Cl)c2)c1Cl. The van der Waals surface area contributed by atoms with E-state index in [1.54, 1.807) is 18.7 Å². The minimum Gasteiger partial charge on any atom is -0.294 e. The number of nitrogens with zero attached hydrogens (tertiary/aromatic N) is 2. The van der Waals surface area contributed by atoms with E-state index in [0.717, 1.165) is 0 Å². The first kappa shape index (κ1) is 14.0. The van der Waals surface area contributed by atoms with Crippen molar-refractivity contribution in [2.75, 3.05) is 0 Å². The summed E-state index contributed by atoms with van der Waals surface area (Å²) < 4.78 is 14.6. The predicted octanol–water partition coefficient (Wildman–Crippen LogP) is 3.60. The van der Waals surface area contributed by atoms with Gasteiger partial charge in [0.05, 0.1) is 27.9 Å². The van der Waals surface area contributed by atoms with Crippen LogP contribution in [0.2, 0.25) is 10.0 Å². The van der Waals surface area contributed by atoms with Crippen LogP contribution in [0.5, 0.6) is 0 Å². The Balaban J connectivity index is 2.28. The van der Waals surface area contributed by atoms with Crippen LogP contribution in [0.25, 0.3) is 0 Å². The van der Waals surface area contributed by atoms with Crippen LogP contribution in [0.15, 0.2) is 18.2 Å². The van der Waals surface area contributed by atoms with Crippen molar-refractivity contribution in [3.05, 3.63) is 51.0 Å². The number of rotatable bonds is 3. The molecule has 0 N–H and O–H groups in total. The third-order valence-corrected chi connectivity index (χ3v) is 3.61. The maximum Gasteiger partial charge on any atom is 0.168 e. The molecule has 0 spiro atoms. The molecule has 0 amide bonds. The summed E-state index contributed by atoms with van der Waals surface area (Å²) in [5, 5.41) is 4.54. The summed E-state index contributed by atoms with van der Waals surface area (Å²) >= 11 is 11.7. The standard InChI is InChI=1S/C13H11Cl2FN2O/c1-7-13(15)11(18(2)17-7)6-12(19)8-3-4-10(16)9(14)5-8/h3-5H,6H2,1-2H3. The largest absolute Gasteiger partial charge is 0.294 e. The highest BCUT2D eigenvalue weighted by Gasteiger charge is 2.16. The summed E-state index contributed by atoms with van der Waals surface area (Å²) in [5.74, 6) is -0.737. The molecule has 1 heterocycles. The molecule has 0 aliphatic rings. The van der Waals surface area contributed by atoms with Gasteiger partial charge in [-0.2, -0.15) is 5.10 Å². The molecule has 19 heavy (non-hydrogen) atoms. The molecule has 0 atom stereocenters. The third-order valence-electron chi connectivity index (χ3n) is 2.83. The fourth-order valence-electron chi connectivity index (χ4n) is 1.80. The summed E-state index contributed by atoms with van der Waals surface area (Å²) in [6.07, 6.45) is 0.0954. The molecule has 100 valence electrons. The van der Waals surface area contributed by atoms with Crippen LogP contribution < -0.4 is 0 Å². The van der Waals surface area contributed by atoms with Gasteiger partial charge in [-0.15, -0.1) is 0 Å². The van der Waals surface area contributed by atoms with E-state index in [-0.39, 0.29) is 17.2 Å². The fraction of sp³-hybridized carbons (Fsp3) is 0.231. The molecular formula is C13H11Cl2FN2O. The Morgan fingerprint density at radius 3 is 2.63 bits per heavy atom.